The molecule has 1 aliphatic heterocycles. The Labute approximate surface area is 142 Å². The molecule has 1 amide bonds. The summed E-state index contributed by atoms with van der Waals surface area (Å²) in [6.45, 7) is 1.09. The lowest BCUT2D eigenvalue weighted by Crippen LogP contribution is -2.36. The summed E-state index contributed by atoms with van der Waals surface area (Å²) in [5.74, 6) is -0.360. The quantitative estimate of drug-likeness (QED) is 0.672. The summed E-state index contributed by atoms with van der Waals surface area (Å²) in [5, 5.41) is 1.82. The van der Waals surface area contributed by atoms with Crippen molar-refractivity contribution in [3.63, 3.8) is 0 Å². The van der Waals surface area contributed by atoms with Gasteiger partial charge in [0, 0.05) is 23.0 Å². The highest BCUT2D eigenvalue weighted by Crippen LogP contribution is 2.30. The number of fused-ring (bicyclic) bond motifs is 2. The summed E-state index contributed by atoms with van der Waals surface area (Å²) in [7, 11) is 1.38. The summed E-state index contributed by atoms with van der Waals surface area (Å²) >= 11 is 1.50. The number of nitrogens with zero attached hydrogens (tertiary/aromatic N) is 3. The Morgan fingerprint density at radius 2 is 2.21 bits per heavy atom. The Balaban J connectivity index is 1.62. The van der Waals surface area contributed by atoms with Crippen LogP contribution < -0.4 is 0 Å². The van der Waals surface area contributed by atoms with Crippen LogP contribution in [-0.4, -0.2) is 39.8 Å². The number of thiophene rings is 1. The minimum Gasteiger partial charge on any atom is -0.465 e. The molecule has 6 nitrogen and oxygen atoms in total. The van der Waals surface area contributed by atoms with Gasteiger partial charge in [-0.1, -0.05) is 6.07 Å². The molecule has 3 aromatic rings. The maximum atomic E-state index is 12.9. The number of esters is 1. The molecule has 0 spiro atoms. The molecule has 3 aromatic heterocycles. The minimum atomic E-state index is -0.311. The molecule has 0 aliphatic carbocycles. The fourth-order valence-electron chi connectivity index (χ4n) is 3.04. The molecule has 0 bridgehead atoms. The number of hydrogen-bond donors (Lipinski definition) is 0. The summed E-state index contributed by atoms with van der Waals surface area (Å²) in [4.78, 5) is 31.8. The van der Waals surface area contributed by atoms with Crippen molar-refractivity contribution >= 4 is 28.9 Å². The molecule has 7 heteroatoms. The van der Waals surface area contributed by atoms with E-state index in [0.29, 0.717) is 30.8 Å². The Kier molecular flexibility index (Phi) is 3.57. The van der Waals surface area contributed by atoms with Crippen LogP contribution in [0.1, 0.15) is 31.3 Å². The fraction of sp³-hybridized carbons (Fsp3) is 0.235. The van der Waals surface area contributed by atoms with Crippen LogP contribution in [-0.2, 0) is 17.7 Å². The Morgan fingerprint density at radius 3 is 3.04 bits per heavy atom. The molecule has 0 aromatic carbocycles. The van der Waals surface area contributed by atoms with E-state index in [1.807, 2.05) is 29.8 Å². The summed E-state index contributed by atoms with van der Waals surface area (Å²) < 4.78 is 6.62. The van der Waals surface area contributed by atoms with Crippen LogP contribution in [0.2, 0.25) is 0 Å². The predicted molar refractivity (Wildman–Crippen MR) is 89.3 cm³/mol. The molecular formula is C17H15N3O3S. The van der Waals surface area contributed by atoms with Gasteiger partial charge in [0.2, 0.25) is 0 Å². The molecule has 0 saturated heterocycles. The van der Waals surface area contributed by atoms with Gasteiger partial charge in [-0.05, 0) is 24.1 Å². The second-order valence-corrected chi connectivity index (χ2v) is 6.56. The lowest BCUT2D eigenvalue weighted by atomic mass is 10.0. The van der Waals surface area contributed by atoms with Crippen LogP contribution in [0.15, 0.2) is 36.0 Å². The van der Waals surface area contributed by atoms with Gasteiger partial charge in [-0.2, -0.15) is 0 Å². The van der Waals surface area contributed by atoms with Crippen LogP contribution in [0.4, 0.5) is 0 Å². The zero-order valence-electron chi connectivity index (χ0n) is 13.1. The van der Waals surface area contributed by atoms with Gasteiger partial charge >= 0.3 is 5.97 Å². The van der Waals surface area contributed by atoms with Crippen molar-refractivity contribution < 1.29 is 14.3 Å². The molecule has 24 heavy (non-hydrogen) atoms. The number of methoxy groups -OCH3 is 1. The van der Waals surface area contributed by atoms with Crippen molar-refractivity contribution in [1.29, 1.82) is 0 Å². The number of carbonyl (C=O) groups is 2. The van der Waals surface area contributed by atoms with Gasteiger partial charge in [0.15, 0.2) is 0 Å². The van der Waals surface area contributed by atoms with E-state index in [0.717, 1.165) is 16.1 Å². The second kappa shape index (κ2) is 5.76. The molecule has 0 saturated carbocycles. The minimum absolute atomic E-state index is 0.0487. The predicted octanol–water partition coefficient (Wildman–Crippen LogP) is 2.38. The van der Waals surface area contributed by atoms with Crippen molar-refractivity contribution in [1.82, 2.24) is 14.3 Å². The molecule has 0 radical (unpaired) electrons. The first-order chi connectivity index (χ1) is 11.7. The lowest BCUT2D eigenvalue weighted by Gasteiger charge is -2.27. The van der Waals surface area contributed by atoms with Gasteiger partial charge < -0.3 is 9.64 Å². The van der Waals surface area contributed by atoms with E-state index in [2.05, 4.69) is 4.98 Å². The van der Waals surface area contributed by atoms with Gasteiger partial charge in [-0.15, -0.1) is 11.3 Å². The first-order valence-electron chi connectivity index (χ1n) is 7.58. The Bertz CT molecular complexity index is 944. The van der Waals surface area contributed by atoms with Crippen molar-refractivity contribution in [2.45, 2.75) is 13.0 Å². The Hall–Kier alpha value is -2.67. The summed E-state index contributed by atoms with van der Waals surface area (Å²) in [6, 6.07) is 5.64. The van der Waals surface area contributed by atoms with E-state index in [-0.39, 0.29) is 11.9 Å². The van der Waals surface area contributed by atoms with Crippen LogP contribution in [0.3, 0.4) is 0 Å². The topological polar surface area (TPSA) is 63.9 Å². The number of hydrogen-bond acceptors (Lipinski definition) is 5. The van der Waals surface area contributed by atoms with Gasteiger partial charge in [-0.3, -0.25) is 9.20 Å². The number of aromatic nitrogens is 2. The second-order valence-electron chi connectivity index (χ2n) is 5.59. The summed E-state index contributed by atoms with van der Waals surface area (Å²) in [5.41, 5.74) is 2.94. The van der Waals surface area contributed by atoms with Crippen molar-refractivity contribution in [2.75, 3.05) is 13.7 Å². The third-order valence-corrected chi connectivity index (χ3v) is 5.29. The van der Waals surface area contributed by atoms with Crippen LogP contribution >= 0.6 is 11.3 Å². The highest BCUT2D eigenvalue weighted by Gasteiger charge is 2.28. The van der Waals surface area contributed by atoms with E-state index >= 15 is 0 Å². The van der Waals surface area contributed by atoms with E-state index < -0.39 is 0 Å². The molecule has 0 atom stereocenters. The standard InChI is InChI=1S/C17H15N3O3S/c1-23-17(22)12-10-24-14-9-19(7-5-11(12)14)16(21)13-8-18-15-4-2-3-6-20(13)15/h2-4,6,8,10H,5,7,9H2,1H3. The highest BCUT2D eigenvalue weighted by molar-refractivity contribution is 7.10. The molecule has 0 N–H and O–H groups in total. The third-order valence-electron chi connectivity index (χ3n) is 4.28. The maximum absolute atomic E-state index is 12.9. The van der Waals surface area contributed by atoms with E-state index in [1.54, 1.807) is 15.5 Å². The number of ether oxygens (including phenoxy) is 1. The molecular weight excluding hydrogens is 326 g/mol. The largest absolute Gasteiger partial charge is 0.465 e. The highest BCUT2D eigenvalue weighted by atomic mass is 32.1. The smallest absolute Gasteiger partial charge is 0.338 e. The van der Waals surface area contributed by atoms with Gasteiger partial charge in [0.25, 0.3) is 5.91 Å². The van der Waals surface area contributed by atoms with E-state index in [4.69, 9.17) is 4.74 Å². The van der Waals surface area contributed by atoms with Gasteiger partial charge in [0.05, 0.1) is 25.4 Å². The Morgan fingerprint density at radius 1 is 1.33 bits per heavy atom. The van der Waals surface area contributed by atoms with E-state index in [9.17, 15) is 9.59 Å². The zero-order chi connectivity index (χ0) is 16.7. The number of amides is 1. The van der Waals surface area contributed by atoms with Crippen LogP contribution in [0, 0.1) is 0 Å². The van der Waals surface area contributed by atoms with Crippen molar-refractivity contribution in [2.24, 2.45) is 0 Å². The SMILES string of the molecule is COC(=O)c1csc2c1CCN(C(=O)c1cnc3ccccn13)C2. The average Bonchev–Trinajstić information content (AvgIpc) is 3.24. The van der Waals surface area contributed by atoms with Gasteiger partial charge in [0.1, 0.15) is 11.3 Å². The number of rotatable bonds is 2. The van der Waals surface area contributed by atoms with Crippen LogP contribution in [0.5, 0.6) is 0 Å². The van der Waals surface area contributed by atoms with Crippen molar-refractivity contribution in [3.05, 3.63) is 57.7 Å². The fourth-order valence-corrected chi connectivity index (χ4v) is 4.12. The molecule has 4 rings (SSSR count). The molecule has 1 aliphatic rings. The maximum Gasteiger partial charge on any atom is 0.338 e. The third kappa shape index (κ3) is 2.28. The van der Waals surface area contributed by atoms with E-state index in [1.165, 1.54) is 18.4 Å². The first-order valence-corrected chi connectivity index (χ1v) is 8.46. The lowest BCUT2D eigenvalue weighted by molar-refractivity contribution is 0.0599. The normalized spacial score (nSPS) is 13.8. The average molecular weight is 341 g/mol. The molecule has 0 unspecified atom stereocenters. The molecule has 122 valence electrons. The number of imidazole rings is 1. The number of carbonyl (C=O) groups excluding carboxylic acids is 2. The number of pyridine rings is 1. The molecule has 0 fully saturated rings. The zero-order valence-corrected chi connectivity index (χ0v) is 13.9. The molecule has 4 heterocycles. The first kappa shape index (κ1) is 14.9. The van der Waals surface area contributed by atoms with Crippen LogP contribution in [0.25, 0.3) is 5.65 Å². The van der Waals surface area contributed by atoms with Gasteiger partial charge in [-0.25, -0.2) is 9.78 Å². The van der Waals surface area contributed by atoms with Crippen molar-refractivity contribution in [3.8, 4) is 0 Å². The summed E-state index contributed by atoms with van der Waals surface area (Å²) in [6.07, 6.45) is 4.11. The monoisotopic (exact) mass is 341 g/mol.